The summed E-state index contributed by atoms with van der Waals surface area (Å²) in [6, 6.07) is 5.25. The van der Waals surface area contributed by atoms with Crippen LogP contribution in [0.3, 0.4) is 0 Å². The normalized spacial score (nSPS) is 19.4. The van der Waals surface area contributed by atoms with E-state index in [-0.39, 0.29) is 42.6 Å². The van der Waals surface area contributed by atoms with E-state index in [1.165, 1.54) is 24.5 Å². The Morgan fingerprint density at radius 2 is 1.69 bits per heavy atom. The molecule has 0 aliphatic heterocycles. The van der Waals surface area contributed by atoms with Crippen LogP contribution in [-0.2, 0) is 19.4 Å². The molecule has 0 atom stereocenters. The fourth-order valence-electron chi connectivity index (χ4n) is 4.78. The summed E-state index contributed by atoms with van der Waals surface area (Å²) >= 11 is 3.21. The monoisotopic (exact) mass is 613 g/mol. The quantitative estimate of drug-likeness (QED) is 0.374. The first kappa shape index (κ1) is 30.7. The molecule has 12 heteroatoms. The Balaban J connectivity index is 0.00000228. The maximum absolute atomic E-state index is 12.8. The number of alkyl halides is 3. The molecule has 4 rings (SSSR count). The maximum atomic E-state index is 12.8. The van der Waals surface area contributed by atoms with E-state index in [4.69, 9.17) is 9.97 Å². The van der Waals surface area contributed by atoms with Crippen molar-refractivity contribution in [1.82, 2.24) is 15.3 Å². The average molecular weight is 615 g/mol. The zero-order valence-corrected chi connectivity index (χ0v) is 23.5. The molecule has 1 fully saturated rings. The first-order valence-corrected chi connectivity index (χ1v) is 12.6. The van der Waals surface area contributed by atoms with Crippen molar-refractivity contribution in [2.45, 2.75) is 76.4 Å². The molecule has 0 bridgehead atoms. The number of hydrogen-bond acceptors (Lipinski definition) is 6. The molecule has 36 heavy (non-hydrogen) atoms. The van der Waals surface area contributed by atoms with Gasteiger partial charge in [0.2, 0.25) is 5.95 Å². The third-order valence-corrected chi connectivity index (χ3v) is 6.97. The number of nitrogens with zero attached hydrogens (tertiary/aromatic N) is 3. The van der Waals surface area contributed by atoms with Gasteiger partial charge in [-0.1, -0.05) is 22.0 Å². The molecule has 0 amide bonds. The van der Waals surface area contributed by atoms with E-state index in [0.29, 0.717) is 22.5 Å². The molecule has 1 saturated carbocycles. The van der Waals surface area contributed by atoms with Gasteiger partial charge in [-0.2, -0.15) is 4.98 Å². The third kappa shape index (κ3) is 8.26. The lowest BCUT2D eigenvalue weighted by atomic mass is 9.91. The average Bonchev–Trinajstić information content (AvgIpc) is 2.78. The Morgan fingerprint density at radius 1 is 1.03 bits per heavy atom. The van der Waals surface area contributed by atoms with Crippen LogP contribution in [-0.4, -0.2) is 42.5 Å². The van der Waals surface area contributed by atoms with Crippen LogP contribution in [0.4, 0.5) is 24.9 Å². The van der Waals surface area contributed by atoms with Gasteiger partial charge in [0.15, 0.2) is 0 Å². The summed E-state index contributed by atoms with van der Waals surface area (Å²) in [5, 5.41) is 6.94. The van der Waals surface area contributed by atoms with Gasteiger partial charge in [-0.3, -0.25) is 0 Å². The smallest absolute Gasteiger partial charge is 0.405 e. The van der Waals surface area contributed by atoms with Gasteiger partial charge in [0.25, 0.3) is 0 Å². The molecular formula is C24H33BrCl2F3N5O. The van der Waals surface area contributed by atoms with Gasteiger partial charge >= 0.3 is 6.36 Å². The summed E-state index contributed by atoms with van der Waals surface area (Å²) in [7, 11) is 4.04. The highest BCUT2D eigenvalue weighted by molar-refractivity contribution is 9.10. The Kier molecular flexibility index (Phi) is 11.4. The number of halogens is 6. The van der Waals surface area contributed by atoms with Gasteiger partial charge < -0.3 is 20.3 Å². The Bertz CT molecular complexity index is 1000. The molecule has 0 saturated heterocycles. The molecule has 1 aromatic heterocycles. The fourth-order valence-corrected chi connectivity index (χ4v) is 5.12. The molecule has 0 unspecified atom stereocenters. The molecule has 0 radical (unpaired) electrons. The van der Waals surface area contributed by atoms with Crippen molar-refractivity contribution in [3.05, 3.63) is 39.5 Å². The van der Waals surface area contributed by atoms with Crippen molar-refractivity contribution >= 4 is 52.5 Å². The number of nitrogens with one attached hydrogen (secondary N) is 2. The lowest BCUT2D eigenvalue weighted by Gasteiger charge is -2.31. The number of rotatable bonds is 7. The molecule has 2 aliphatic rings. The molecule has 1 heterocycles. The summed E-state index contributed by atoms with van der Waals surface area (Å²) < 4.78 is 43.0. The van der Waals surface area contributed by atoms with Crippen LogP contribution >= 0.6 is 40.7 Å². The van der Waals surface area contributed by atoms with Crippen molar-refractivity contribution in [2.75, 3.05) is 24.3 Å². The summed E-state index contributed by atoms with van der Waals surface area (Å²) in [6.07, 6.45) is 3.42. The SMILES string of the molecule is CN(C)c1nc(NC2CCC(NCc3ccc(Br)cc3OC(F)(F)F)CC2)nc2c1CCCC2.Cl.Cl. The summed E-state index contributed by atoms with van der Waals surface area (Å²) in [4.78, 5) is 11.7. The first-order chi connectivity index (χ1) is 16.2. The summed E-state index contributed by atoms with van der Waals surface area (Å²) in [5.74, 6) is 1.53. The van der Waals surface area contributed by atoms with Crippen LogP contribution in [0, 0.1) is 0 Å². The fraction of sp³-hybridized carbons (Fsp3) is 0.583. The van der Waals surface area contributed by atoms with Gasteiger partial charge in [0, 0.05) is 48.3 Å². The molecule has 2 aromatic rings. The van der Waals surface area contributed by atoms with Crippen LogP contribution in [0.2, 0.25) is 0 Å². The van der Waals surface area contributed by atoms with Crippen LogP contribution in [0.25, 0.3) is 0 Å². The molecule has 202 valence electrons. The van der Waals surface area contributed by atoms with Gasteiger partial charge in [0.1, 0.15) is 11.6 Å². The van der Waals surface area contributed by atoms with Crippen molar-refractivity contribution in [2.24, 2.45) is 0 Å². The van der Waals surface area contributed by atoms with Gasteiger partial charge in [-0.15, -0.1) is 38.0 Å². The van der Waals surface area contributed by atoms with Crippen LogP contribution < -0.4 is 20.3 Å². The molecule has 1 aromatic carbocycles. The predicted molar refractivity (Wildman–Crippen MR) is 145 cm³/mol. The van der Waals surface area contributed by atoms with Gasteiger partial charge in [-0.05, 0) is 63.5 Å². The van der Waals surface area contributed by atoms with E-state index < -0.39 is 6.36 Å². The molecule has 2 N–H and O–H groups in total. The van der Waals surface area contributed by atoms with Crippen LogP contribution in [0.1, 0.15) is 55.3 Å². The Labute approximate surface area is 231 Å². The maximum Gasteiger partial charge on any atom is 0.573 e. The number of aryl methyl sites for hydroxylation is 1. The van der Waals surface area contributed by atoms with E-state index in [1.807, 2.05) is 14.1 Å². The number of anilines is 2. The zero-order chi connectivity index (χ0) is 24.3. The standard InChI is InChI=1S/C24H31BrF3N5O.2ClH/c1-33(2)22-19-5-3-4-6-20(19)31-23(32-22)30-18-11-9-17(10-12-18)29-14-15-7-8-16(25)13-21(15)34-24(26,27)28;;/h7-8,13,17-18,29H,3-6,9-12,14H2,1-2H3,(H,30,31,32);2*1H. The summed E-state index contributed by atoms with van der Waals surface area (Å²) in [6.45, 7) is 0.321. The number of ether oxygens (including phenoxy) is 1. The lowest BCUT2D eigenvalue weighted by molar-refractivity contribution is -0.274. The highest BCUT2D eigenvalue weighted by Crippen LogP contribution is 2.31. The summed E-state index contributed by atoms with van der Waals surface area (Å²) in [5.41, 5.74) is 2.92. The minimum absolute atomic E-state index is 0. The highest BCUT2D eigenvalue weighted by Gasteiger charge is 2.32. The molecular weight excluding hydrogens is 582 g/mol. The second-order valence-electron chi connectivity index (χ2n) is 9.27. The number of benzene rings is 1. The topological polar surface area (TPSA) is 62.3 Å². The lowest BCUT2D eigenvalue weighted by Crippen LogP contribution is -2.37. The van der Waals surface area contributed by atoms with E-state index in [2.05, 4.69) is 36.2 Å². The molecule has 2 aliphatic carbocycles. The van der Waals surface area contributed by atoms with Crippen LogP contribution in [0.15, 0.2) is 22.7 Å². The Hall–Kier alpha value is -1.49. The van der Waals surface area contributed by atoms with E-state index >= 15 is 0 Å². The van der Waals surface area contributed by atoms with Gasteiger partial charge in [0.05, 0.1) is 5.69 Å². The minimum atomic E-state index is -4.72. The van der Waals surface area contributed by atoms with E-state index in [9.17, 15) is 13.2 Å². The molecule has 0 spiro atoms. The van der Waals surface area contributed by atoms with Crippen molar-refractivity contribution < 1.29 is 17.9 Å². The number of aromatic nitrogens is 2. The number of hydrogen-bond donors (Lipinski definition) is 2. The third-order valence-electron chi connectivity index (χ3n) is 6.48. The molecule has 6 nitrogen and oxygen atoms in total. The van der Waals surface area contributed by atoms with Crippen LogP contribution in [0.5, 0.6) is 5.75 Å². The first-order valence-electron chi connectivity index (χ1n) is 11.8. The predicted octanol–water partition coefficient (Wildman–Crippen LogP) is 6.44. The van der Waals surface area contributed by atoms with E-state index in [1.54, 1.807) is 12.1 Å². The highest BCUT2D eigenvalue weighted by atomic mass is 79.9. The zero-order valence-electron chi connectivity index (χ0n) is 20.3. The van der Waals surface area contributed by atoms with E-state index in [0.717, 1.165) is 50.0 Å². The van der Waals surface area contributed by atoms with Crippen molar-refractivity contribution in [3.63, 3.8) is 0 Å². The number of fused-ring (bicyclic) bond motifs is 1. The van der Waals surface area contributed by atoms with Crippen molar-refractivity contribution in [1.29, 1.82) is 0 Å². The second kappa shape index (κ2) is 13.3. The minimum Gasteiger partial charge on any atom is -0.405 e. The Morgan fingerprint density at radius 3 is 2.36 bits per heavy atom. The largest absolute Gasteiger partial charge is 0.573 e. The van der Waals surface area contributed by atoms with Crippen molar-refractivity contribution in [3.8, 4) is 5.75 Å². The van der Waals surface area contributed by atoms with Gasteiger partial charge in [-0.25, -0.2) is 4.98 Å². The second-order valence-corrected chi connectivity index (χ2v) is 10.2.